The second-order valence-corrected chi connectivity index (χ2v) is 9.32. The maximum absolute atomic E-state index is 12.2. The van der Waals surface area contributed by atoms with Gasteiger partial charge in [-0.1, -0.05) is 24.3 Å². The van der Waals surface area contributed by atoms with Crippen LogP contribution in [-0.4, -0.2) is 36.7 Å². The highest BCUT2D eigenvalue weighted by Gasteiger charge is 2.33. The highest BCUT2D eigenvalue weighted by atomic mass is 32.2. The number of nitrogens with one attached hydrogen (secondary N) is 2. The molecular weight excluding hydrogens is 374 g/mol. The van der Waals surface area contributed by atoms with E-state index in [1.165, 1.54) is 18.3 Å². The molecule has 2 N–H and O–H groups in total. The summed E-state index contributed by atoms with van der Waals surface area (Å²) in [5.74, 6) is -0.895. The Morgan fingerprint density at radius 2 is 2.00 bits per heavy atom. The summed E-state index contributed by atoms with van der Waals surface area (Å²) in [6.45, 7) is 1.94. The zero-order valence-corrected chi connectivity index (χ0v) is 15.8. The number of benzene rings is 1. The van der Waals surface area contributed by atoms with Crippen molar-refractivity contribution < 1.29 is 18.0 Å². The molecule has 1 unspecified atom stereocenters. The lowest BCUT2D eigenvalue weighted by molar-refractivity contribution is -0.119. The Labute approximate surface area is 155 Å². The molecule has 2 heterocycles. The molecule has 1 aromatic heterocycles. The van der Waals surface area contributed by atoms with Crippen LogP contribution < -0.4 is 10.6 Å². The summed E-state index contributed by atoms with van der Waals surface area (Å²) in [7, 11) is -3.09. The molecule has 1 atom stereocenters. The molecule has 1 aromatic carbocycles. The van der Waals surface area contributed by atoms with Crippen molar-refractivity contribution in [1.82, 2.24) is 10.3 Å². The second kappa shape index (κ2) is 7.55. The van der Waals surface area contributed by atoms with Crippen molar-refractivity contribution in [2.24, 2.45) is 5.92 Å². The normalized spacial score (nSPS) is 18.4. The lowest BCUT2D eigenvalue weighted by atomic mass is 10.1. The first-order valence-electron chi connectivity index (χ1n) is 8.13. The number of amides is 2. The first kappa shape index (κ1) is 18.5. The molecule has 1 fully saturated rings. The van der Waals surface area contributed by atoms with E-state index in [2.05, 4.69) is 15.6 Å². The Morgan fingerprint density at radius 3 is 2.62 bits per heavy atom. The minimum absolute atomic E-state index is 0.0685. The number of anilines is 1. The van der Waals surface area contributed by atoms with Crippen LogP contribution in [0.4, 0.5) is 5.13 Å². The van der Waals surface area contributed by atoms with Gasteiger partial charge in [-0.2, -0.15) is 0 Å². The summed E-state index contributed by atoms with van der Waals surface area (Å²) < 4.78 is 23.0. The molecule has 0 spiro atoms. The molecule has 0 aliphatic carbocycles. The summed E-state index contributed by atoms with van der Waals surface area (Å²) in [6.07, 6.45) is 0.363. The molecule has 7 nitrogen and oxygen atoms in total. The first-order valence-corrected chi connectivity index (χ1v) is 10.8. The minimum atomic E-state index is -3.09. The van der Waals surface area contributed by atoms with Crippen molar-refractivity contribution in [3.63, 3.8) is 0 Å². The van der Waals surface area contributed by atoms with Gasteiger partial charge in [-0.15, -0.1) is 11.3 Å². The molecule has 1 saturated heterocycles. The molecule has 1 aliphatic heterocycles. The molecule has 0 saturated carbocycles. The van der Waals surface area contributed by atoms with E-state index in [0.717, 1.165) is 16.8 Å². The molecule has 26 heavy (non-hydrogen) atoms. The third kappa shape index (κ3) is 4.67. The van der Waals surface area contributed by atoms with Crippen molar-refractivity contribution >= 4 is 38.1 Å². The van der Waals surface area contributed by atoms with Crippen molar-refractivity contribution in [3.8, 4) is 11.3 Å². The standard InChI is InChI=1S/C17H19N3O4S2/c1-11(21)18-8-12-2-4-13(5-3-12)15-9-25-17(19-15)20-16(22)14-6-7-26(23,24)10-14/h2-5,9,14H,6-8,10H2,1H3,(H,18,21)(H,19,20,22). The zero-order valence-electron chi connectivity index (χ0n) is 14.2. The van der Waals surface area contributed by atoms with Crippen molar-refractivity contribution in [3.05, 3.63) is 35.2 Å². The van der Waals surface area contributed by atoms with Gasteiger partial charge < -0.3 is 10.6 Å². The minimum Gasteiger partial charge on any atom is -0.352 e. The number of carbonyl (C=O) groups excluding carboxylic acids is 2. The van der Waals surface area contributed by atoms with Gasteiger partial charge in [-0.3, -0.25) is 9.59 Å². The maximum atomic E-state index is 12.2. The molecule has 2 aromatic rings. The Morgan fingerprint density at radius 1 is 1.27 bits per heavy atom. The van der Waals surface area contributed by atoms with E-state index in [1.807, 2.05) is 29.6 Å². The lowest BCUT2D eigenvalue weighted by Crippen LogP contribution is -2.23. The highest BCUT2D eigenvalue weighted by molar-refractivity contribution is 7.91. The van der Waals surface area contributed by atoms with Crippen LogP contribution in [0.5, 0.6) is 0 Å². The molecule has 0 bridgehead atoms. The van der Waals surface area contributed by atoms with Crippen molar-refractivity contribution in [2.45, 2.75) is 19.9 Å². The topological polar surface area (TPSA) is 105 Å². The number of nitrogens with zero attached hydrogens (tertiary/aromatic N) is 1. The molecule has 3 rings (SSSR count). The fourth-order valence-electron chi connectivity index (χ4n) is 2.69. The third-order valence-electron chi connectivity index (χ3n) is 4.13. The van der Waals surface area contributed by atoms with E-state index in [9.17, 15) is 18.0 Å². The number of carbonyl (C=O) groups is 2. The maximum Gasteiger partial charge on any atom is 0.230 e. The smallest absolute Gasteiger partial charge is 0.230 e. The van der Waals surface area contributed by atoms with E-state index in [4.69, 9.17) is 0 Å². The summed E-state index contributed by atoms with van der Waals surface area (Å²) in [5.41, 5.74) is 2.61. The van der Waals surface area contributed by atoms with Gasteiger partial charge in [-0.05, 0) is 12.0 Å². The van der Waals surface area contributed by atoms with Crippen molar-refractivity contribution in [2.75, 3.05) is 16.8 Å². The van der Waals surface area contributed by atoms with Gasteiger partial charge >= 0.3 is 0 Å². The Bertz CT molecular complexity index is 920. The molecule has 0 radical (unpaired) electrons. The van der Waals surface area contributed by atoms with Gasteiger partial charge in [0.05, 0.1) is 23.1 Å². The second-order valence-electron chi connectivity index (χ2n) is 6.23. The largest absolute Gasteiger partial charge is 0.352 e. The van der Waals surface area contributed by atoms with E-state index < -0.39 is 15.8 Å². The van der Waals surface area contributed by atoms with Gasteiger partial charge in [0.1, 0.15) is 0 Å². The van der Waals surface area contributed by atoms with Crippen LogP contribution in [0.2, 0.25) is 0 Å². The molecule has 9 heteroatoms. The zero-order chi connectivity index (χ0) is 18.7. The van der Waals surface area contributed by atoms with Crippen molar-refractivity contribution in [1.29, 1.82) is 0 Å². The first-order chi connectivity index (χ1) is 12.3. The van der Waals surface area contributed by atoms with Gasteiger partial charge in [0.2, 0.25) is 11.8 Å². The molecule has 1 aliphatic rings. The number of hydrogen-bond donors (Lipinski definition) is 2. The molecule has 138 valence electrons. The average molecular weight is 393 g/mol. The summed E-state index contributed by atoms with van der Waals surface area (Å²) in [6, 6.07) is 7.63. The summed E-state index contributed by atoms with van der Waals surface area (Å²) in [4.78, 5) is 27.5. The fourth-order valence-corrected chi connectivity index (χ4v) is 5.16. The Hall–Kier alpha value is -2.26. The van der Waals surface area contributed by atoms with Crippen LogP contribution in [0.1, 0.15) is 18.9 Å². The van der Waals surface area contributed by atoms with Gasteiger partial charge in [0.15, 0.2) is 15.0 Å². The molecule has 2 amide bonds. The quantitative estimate of drug-likeness (QED) is 0.806. The highest BCUT2D eigenvalue weighted by Crippen LogP contribution is 2.27. The lowest BCUT2D eigenvalue weighted by Gasteiger charge is -2.06. The summed E-state index contributed by atoms with van der Waals surface area (Å²) >= 11 is 1.30. The number of aromatic nitrogens is 1. The predicted octanol–water partition coefficient (Wildman–Crippen LogP) is 1.82. The van der Waals surface area contributed by atoms with Crippen LogP contribution in [-0.2, 0) is 26.0 Å². The third-order valence-corrected chi connectivity index (χ3v) is 6.65. The van der Waals surface area contributed by atoms with Gasteiger partial charge in [-0.25, -0.2) is 13.4 Å². The SMILES string of the molecule is CC(=O)NCc1ccc(-c2csc(NC(=O)C3CCS(=O)(=O)C3)n2)cc1. The predicted molar refractivity (Wildman–Crippen MR) is 100 cm³/mol. The number of thiazole rings is 1. The van der Waals surface area contributed by atoms with Crippen LogP contribution >= 0.6 is 11.3 Å². The van der Waals surface area contributed by atoms with Gasteiger partial charge in [0.25, 0.3) is 0 Å². The fraction of sp³-hybridized carbons (Fsp3) is 0.353. The van der Waals surface area contributed by atoms with E-state index in [-0.39, 0.29) is 23.3 Å². The van der Waals surface area contributed by atoms with Crippen LogP contribution in [0.3, 0.4) is 0 Å². The number of hydrogen-bond acceptors (Lipinski definition) is 6. The monoisotopic (exact) mass is 393 g/mol. The van der Waals surface area contributed by atoms with Gasteiger partial charge in [0, 0.05) is 24.4 Å². The summed E-state index contributed by atoms with van der Waals surface area (Å²) in [5, 5.41) is 7.74. The Kier molecular flexibility index (Phi) is 5.38. The molecular formula is C17H19N3O4S2. The van der Waals surface area contributed by atoms with E-state index in [0.29, 0.717) is 18.1 Å². The van der Waals surface area contributed by atoms with Crippen LogP contribution in [0.25, 0.3) is 11.3 Å². The number of sulfone groups is 1. The van der Waals surface area contributed by atoms with E-state index >= 15 is 0 Å². The Balaban J connectivity index is 1.62. The number of rotatable bonds is 5. The van der Waals surface area contributed by atoms with Crippen LogP contribution in [0, 0.1) is 5.92 Å². The van der Waals surface area contributed by atoms with Crippen LogP contribution in [0.15, 0.2) is 29.6 Å². The average Bonchev–Trinajstić information content (AvgIpc) is 3.19. The van der Waals surface area contributed by atoms with E-state index in [1.54, 1.807) is 0 Å².